The maximum atomic E-state index is 12.1. The highest BCUT2D eigenvalue weighted by atomic mass is 16.4. The molecule has 0 aliphatic heterocycles. The average molecular weight is 497 g/mol. The van der Waals surface area contributed by atoms with Gasteiger partial charge in [-0.3, -0.25) is 9.59 Å². The fourth-order valence-corrected chi connectivity index (χ4v) is 3.21. The van der Waals surface area contributed by atoms with Gasteiger partial charge in [0.25, 0.3) is 0 Å². The van der Waals surface area contributed by atoms with E-state index < -0.39 is 28.4 Å². The number of aliphatic carboxylic acids is 1. The summed E-state index contributed by atoms with van der Waals surface area (Å²) in [6.45, 7) is 1.39. The molecule has 9 N–H and O–H groups in total. The third-order valence-corrected chi connectivity index (χ3v) is 5.19. The highest BCUT2D eigenvalue weighted by Gasteiger charge is 2.28. The van der Waals surface area contributed by atoms with E-state index in [-0.39, 0.29) is 51.7 Å². The lowest BCUT2D eigenvalue weighted by atomic mass is 9.94. The predicted octanol–water partition coefficient (Wildman–Crippen LogP) is 2.72. The molecule has 0 amide bonds. The summed E-state index contributed by atoms with van der Waals surface area (Å²) in [5.41, 5.74) is 4.36. The summed E-state index contributed by atoms with van der Waals surface area (Å²) in [7, 11) is 0. The molecule has 4 aromatic rings. The summed E-state index contributed by atoms with van der Waals surface area (Å²) < 4.78 is 5.43. The zero-order valence-electron chi connectivity index (χ0n) is 18.8. The normalized spacial score (nSPS) is 12.4. The van der Waals surface area contributed by atoms with Gasteiger partial charge in [-0.2, -0.15) is 0 Å². The molecule has 11 heteroatoms. The second kappa shape index (κ2) is 9.76. The van der Waals surface area contributed by atoms with Crippen LogP contribution >= 0.6 is 0 Å². The number of hydrogen-bond donors (Lipinski definition) is 8. The van der Waals surface area contributed by atoms with Crippen LogP contribution in [-0.4, -0.2) is 47.3 Å². The standard InChI is InChI=1S/C15H10O6.C10H13NO4/c16-8-2-3-9-12(6-8)21-15(14(20)13(9)19)7-1-4-10(17)11(18)5-7;1-10(11,9(14)15)5-6-2-3-7(12)8(13)4-6/h1-6,16-18,20H;2-4,12-13H,5,11H2,1H3,(H,14,15). The molecule has 188 valence electrons. The molecule has 0 radical (unpaired) electrons. The summed E-state index contributed by atoms with van der Waals surface area (Å²) >= 11 is 0. The van der Waals surface area contributed by atoms with E-state index in [1.165, 1.54) is 55.5 Å². The van der Waals surface area contributed by atoms with E-state index in [0.717, 1.165) is 6.07 Å². The van der Waals surface area contributed by atoms with Crippen molar-refractivity contribution in [3.05, 3.63) is 70.4 Å². The van der Waals surface area contributed by atoms with E-state index in [4.69, 9.17) is 20.4 Å². The maximum absolute atomic E-state index is 12.1. The van der Waals surface area contributed by atoms with E-state index in [0.29, 0.717) is 5.56 Å². The molecule has 0 saturated heterocycles. The number of carbonyl (C=O) groups is 1. The van der Waals surface area contributed by atoms with Crippen molar-refractivity contribution in [2.45, 2.75) is 18.9 Å². The van der Waals surface area contributed by atoms with Gasteiger partial charge in [0.15, 0.2) is 28.8 Å². The molecule has 0 bridgehead atoms. The summed E-state index contributed by atoms with van der Waals surface area (Å²) in [5.74, 6) is -3.25. The number of rotatable bonds is 4. The quantitative estimate of drug-likeness (QED) is 0.192. The molecule has 36 heavy (non-hydrogen) atoms. The number of hydrogen-bond acceptors (Lipinski definition) is 10. The molecule has 3 aromatic carbocycles. The van der Waals surface area contributed by atoms with Gasteiger partial charge >= 0.3 is 5.97 Å². The van der Waals surface area contributed by atoms with Crippen molar-refractivity contribution in [2.75, 3.05) is 0 Å². The second-order valence-electron chi connectivity index (χ2n) is 8.22. The summed E-state index contributed by atoms with van der Waals surface area (Å²) in [4.78, 5) is 22.8. The van der Waals surface area contributed by atoms with Crippen LogP contribution in [0.2, 0.25) is 0 Å². The molecule has 0 aliphatic rings. The Morgan fingerprint density at radius 1 is 0.861 bits per heavy atom. The Hall–Kier alpha value is -4.90. The third kappa shape index (κ3) is 5.42. The highest BCUT2D eigenvalue weighted by Crippen LogP contribution is 2.35. The second-order valence-corrected chi connectivity index (χ2v) is 8.22. The van der Waals surface area contributed by atoms with Gasteiger partial charge in [0.1, 0.15) is 16.9 Å². The Bertz CT molecular complexity index is 1510. The highest BCUT2D eigenvalue weighted by molar-refractivity contribution is 5.83. The Morgan fingerprint density at radius 2 is 1.47 bits per heavy atom. The number of carboxylic acid groups (broad SMARTS) is 1. The summed E-state index contributed by atoms with van der Waals surface area (Å²) in [6, 6.07) is 11.7. The van der Waals surface area contributed by atoms with Crippen molar-refractivity contribution < 1.29 is 45.0 Å². The van der Waals surface area contributed by atoms with Crippen LogP contribution in [0.3, 0.4) is 0 Å². The van der Waals surface area contributed by atoms with Crippen LogP contribution in [0, 0.1) is 0 Å². The van der Waals surface area contributed by atoms with E-state index in [1.54, 1.807) is 0 Å². The van der Waals surface area contributed by atoms with E-state index in [2.05, 4.69) is 0 Å². The molecule has 1 atom stereocenters. The topological polar surface area (TPSA) is 215 Å². The number of benzene rings is 3. The maximum Gasteiger partial charge on any atom is 0.323 e. The van der Waals surface area contributed by atoms with Crippen molar-refractivity contribution in [3.8, 4) is 45.8 Å². The number of fused-ring (bicyclic) bond motifs is 1. The first kappa shape index (κ1) is 25.7. The first-order valence-electron chi connectivity index (χ1n) is 10.3. The number of phenols is 5. The third-order valence-electron chi connectivity index (χ3n) is 5.19. The monoisotopic (exact) mass is 497 g/mol. The minimum Gasteiger partial charge on any atom is -0.508 e. The van der Waals surface area contributed by atoms with E-state index in [9.17, 15) is 35.1 Å². The Kier molecular flexibility index (Phi) is 6.97. The smallest absolute Gasteiger partial charge is 0.323 e. The Labute approximate surface area is 203 Å². The Morgan fingerprint density at radius 3 is 2.06 bits per heavy atom. The molecule has 0 fully saturated rings. The predicted molar refractivity (Wildman–Crippen MR) is 128 cm³/mol. The lowest BCUT2D eigenvalue weighted by Crippen LogP contribution is -2.46. The van der Waals surface area contributed by atoms with Crippen molar-refractivity contribution in [2.24, 2.45) is 5.73 Å². The Balaban J connectivity index is 0.000000214. The van der Waals surface area contributed by atoms with Crippen LogP contribution < -0.4 is 11.2 Å². The largest absolute Gasteiger partial charge is 0.508 e. The van der Waals surface area contributed by atoms with Gasteiger partial charge in [-0.05, 0) is 55.0 Å². The molecule has 0 saturated carbocycles. The average Bonchev–Trinajstić information content (AvgIpc) is 2.80. The minimum absolute atomic E-state index is 0.0795. The fourth-order valence-electron chi connectivity index (χ4n) is 3.21. The van der Waals surface area contributed by atoms with Gasteiger partial charge in [0, 0.05) is 18.1 Å². The van der Waals surface area contributed by atoms with Crippen molar-refractivity contribution in [1.29, 1.82) is 0 Å². The molecule has 1 unspecified atom stereocenters. The van der Waals surface area contributed by atoms with Crippen molar-refractivity contribution in [3.63, 3.8) is 0 Å². The van der Waals surface area contributed by atoms with Gasteiger partial charge in [0.05, 0.1) is 5.39 Å². The lowest BCUT2D eigenvalue weighted by Gasteiger charge is -2.19. The van der Waals surface area contributed by atoms with Gasteiger partial charge < -0.3 is 45.9 Å². The lowest BCUT2D eigenvalue weighted by molar-refractivity contribution is -0.142. The van der Waals surface area contributed by atoms with Gasteiger partial charge in [-0.15, -0.1) is 0 Å². The molecule has 1 heterocycles. The zero-order valence-corrected chi connectivity index (χ0v) is 18.8. The fraction of sp³-hybridized carbons (Fsp3) is 0.120. The van der Waals surface area contributed by atoms with Gasteiger partial charge in [-0.1, -0.05) is 6.07 Å². The number of phenolic OH excluding ortho intramolecular Hbond substituents is 5. The number of carboxylic acids is 1. The van der Waals surface area contributed by atoms with Gasteiger partial charge in [-0.25, -0.2) is 0 Å². The van der Waals surface area contributed by atoms with Crippen molar-refractivity contribution in [1.82, 2.24) is 0 Å². The summed E-state index contributed by atoms with van der Waals surface area (Å²) in [6.07, 6.45) is 0.0795. The molecule has 0 spiro atoms. The van der Waals surface area contributed by atoms with Crippen LogP contribution in [0.15, 0.2) is 63.8 Å². The zero-order chi connectivity index (χ0) is 26.8. The van der Waals surface area contributed by atoms with Crippen molar-refractivity contribution >= 4 is 16.9 Å². The molecular formula is C25H23NO10. The first-order chi connectivity index (χ1) is 16.8. The molecule has 0 aliphatic carbocycles. The molecule has 11 nitrogen and oxygen atoms in total. The SMILES string of the molecule is CC(N)(Cc1ccc(O)c(O)c1)C(=O)O.O=c1c(O)c(-c2ccc(O)c(O)c2)oc2cc(O)ccc12. The molecule has 1 aromatic heterocycles. The van der Waals surface area contributed by atoms with Crippen LogP contribution in [0.25, 0.3) is 22.3 Å². The summed E-state index contributed by atoms with van der Waals surface area (Å²) in [5, 5.41) is 65.3. The number of aromatic hydroxyl groups is 6. The molecular weight excluding hydrogens is 474 g/mol. The minimum atomic E-state index is -1.39. The first-order valence-corrected chi connectivity index (χ1v) is 10.3. The van der Waals surface area contributed by atoms with Crippen LogP contribution in [0.1, 0.15) is 12.5 Å². The van der Waals surface area contributed by atoms with E-state index >= 15 is 0 Å². The van der Waals surface area contributed by atoms with Crippen LogP contribution in [-0.2, 0) is 11.2 Å². The van der Waals surface area contributed by atoms with E-state index in [1.807, 2.05) is 0 Å². The van der Waals surface area contributed by atoms with Crippen LogP contribution in [0.4, 0.5) is 0 Å². The van der Waals surface area contributed by atoms with Gasteiger partial charge in [0.2, 0.25) is 11.2 Å². The molecule has 4 rings (SSSR count). The van der Waals surface area contributed by atoms with Crippen LogP contribution in [0.5, 0.6) is 34.5 Å². The number of nitrogens with two attached hydrogens (primary N) is 1.